The lowest BCUT2D eigenvalue weighted by atomic mass is 9.94. The number of nitrogens with two attached hydrogens (primary N) is 1. The molecule has 0 aliphatic carbocycles. The summed E-state index contributed by atoms with van der Waals surface area (Å²) in [4.78, 5) is 0. The second-order valence-corrected chi connectivity index (χ2v) is 4.12. The molecule has 0 spiro atoms. The molecule has 2 N–H and O–H groups in total. The van der Waals surface area contributed by atoms with Gasteiger partial charge in [-0.1, -0.05) is 18.5 Å². The molecule has 1 atom stereocenters. The van der Waals surface area contributed by atoms with E-state index in [9.17, 15) is 0 Å². The number of hydrogen-bond donors (Lipinski definition) is 1. The minimum absolute atomic E-state index is 0.317. The fourth-order valence-electron chi connectivity index (χ4n) is 1.85. The van der Waals surface area contributed by atoms with Crippen molar-refractivity contribution in [1.82, 2.24) is 0 Å². The van der Waals surface area contributed by atoms with Gasteiger partial charge in [-0.15, -0.1) is 0 Å². The largest absolute Gasteiger partial charge is 0.496 e. The van der Waals surface area contributed by atoms with Crippen LogP contribution in [-0.4, -0.2) is 13.7 Å². The number of halogens is 1. The predicted molar refractivity (Wildman–Crippen MR) is 64.8 cm³/mol. The molecule has 84 valence electrons. The molecule has 2 nitrogen and oxygen atoms in total. The van der Waals surface area contributed by atoms with Gasteiger partial charge in [-0.25, -0.2) is 0 Å². The predicted octanol–water partition coefficient (Wildman–Crippen LogP) is 3.11. The Balaban J connectivity index is 3.24. The summed E-state index contributed by atoms with van der Waals surface area (Å²) in [5, 5.41) is 0.746. The molecule has 3 heteroatoms. The number of rotatable bonds is 4. The maximum atomic E-state index is 6.04. The van der Waals surface area contributed by atoms with E-state index in [1.807, 2.05) is 19.1 Å². The van der Waals surface area contributed by atoms with Crippen molar-refractivity contribution >= 4 is 11.6 Å². The van der Waals surface area contributed by atoms with Gasteiger partial charge in [0, 0.05) is 10.6 Å². The Bertz CT molecular complexity index is 335. The van der Waals surface area contributed by atoms with Gasteiger partial charge in [0.2, 0.25) is 0 Å². The number of aryl methyl sites for hydroxylation is 1. The highest BCUT2D eigenvalue weighted by molar-refractivity contribution is 6.30. The van der Waals surface area contributed by atoms with Crippen LogP contribution in [0.2, 0.25) is 5.02 Å². The van der Waals surface area contributed by atoms with Gasteiger partial charge in [-0.05, 0) is 43.5 Å². The summed E-state index contributed by atoms with van der Waals surface area (Å²) < 4.78 is 5.40. The zero-order chi connectivity index (χ0) is 11.4. The number of methoxy groups -OCH3 is 1. The van der Waals surface area contributed by atoms with Crippen LogP contribution >= 0.6 is 11.6 Å². The molecule has 15 heavy (non-hydrogen) atoms. The van der Waals surface area contributed by atoms with Crippen molar-refractivity contribution in [3.05, 3.63) is 28.3 Å². The van der Waals surface area contributed by atoms with Crippen molar-refractivity contribution in [1.29, 1.82) is 0 Å². The average molecular weight is 228 g/mol. The Labute approximate surface area is 96.4 Å². The lowest BCUT2D eigenvalue weighted by Gasteiger charge is -2.18. The molecular weight excluding hydrogens is 210 g/mol. The zero-order valence-corrected chi connectivity index (χ0v) is 10.3. The average Bonchev–Trinajstić information content (AvgIpc) is 2.19. The zero-order valence-electron chi connectivity index (χ0n) is 9.51. The molecule has 1 unspecified atom stereocenters. The van der Waals surface area contributed by atoms with Crippen LogP contribution in [0.15, 0.2) is 12.1 Å². The van der Waals surface area contributed by atoms with Gasteiger partial charge in [-0.2, -0.15) is 0 Å². The molecule has 1 aromatic carbocycles. The second-order valence-electron chi connectivity index (χ2n) is 3.69. The molecule has 0 amide bonds. The van der Waals surface area contributed by atoms with Gasteiger partial charge >= 0.3 is 0 Å². The summed E-state index contributed by atoms with van der Waals surface area (Å²) in [6, 6.07) is 3.86. The normalized spacial score (nSPS) is 12.6. The van der Waals surface area contributed by atoms with Crippen molar-refractivity contribution in [2.45, 2.75) is 26.2 Å². The van der Waals surface area contributed by atoms with E-state index >= 15 is 0 Å². The van der Waals surface area contributed by atoms with Gasteiger partial charge in [0.25, 0.3) is 0 Å². The first-order valence-corrected chi connectivity index (χ1v) is 5.55. The summed E-state index contributed by atoms with van der Waals surface area (Å²) in [7, 11) is 1.68. The minimum Gasteiger partial charge on any atom is -0.496 e. The molecule has 1 aromatic rings. The highest BCUT2D eigenvalue weighted by Crippen LogP contribution is 2.33. The summed E-state index contributed by atoms with van der Waals surface area (Å²) in [6.45, 7) is 4.73. The van der Waals surface area contributed by atoms with E-state index in [-0.39, 0.29) is 0 Å². The summed E-state index contributed by atoms with van der Waals surface area (Å²) >= 11 is 6.04. The SMILES string of the molecule is CCC(CN)c1cc(Cl)cc(C)c1OC. The molecule has 1 rings (SSSR count). The topological polar surface area (TPSA) is 35.2 Å². The van der Waals surface area contributed by atoms with Crippen LogP contribution in [0.3, 0.4) is 0 Å². The van der Waals surface area contributed by atoms with Gasteiger partial charge in [0.15, 0.2) is 0 Å². The third kappa shape index (κ3) is 2.64. The van der Waals surface area contributed by atoms with E-state index in [1.165, 1.54) is 0 Å². The van der Waals surface area contributed by atoms with Crippen LogP contribution in [0.25, 0.3) is 0 Å². The standard InChI is InChI=1S/C12H18ClNO/c1-4-9(7-14)11-6-10(13)5-8(2)12(11)15-3/h5-6,9H,4,7,14H2,1-3H3. The fourth-order valence-corrected chi connectivity index (χ4v) is 2.13. The van der Waals surface area contributed by atoms with Crippen LogP contribution in [0.1, 0.15) is 30.4 Å². The van der Waals surface area contributed by atoms with Crippen LogP contribution in [-0.2, 0) is 0 Å². The van der Waals surface area contributed by atoms with Crippen LogP contribution < -0.4 is 10.5 Å². The smallest absolute Gasteiger partial charge is 0.125 e. The van der Waals surface area contributed by atoms with Crippen molar-refractivity contribution in [3.63, 3.8) is 0 Å². The van der Waals surface area contributed by atoms with E-state index < -0.39 is 0 Å². The third-order valence-electron chi connectivity index (χ3n) is 2.69. The van der Waals surface area contributed by atoms with Gasteiger partial charge in [0.1, 0.15) is 5.75 Å². The van der Waals surface area contributed by atoms with Crippen LogP contribution in [0.4, 0.5) is 0 Å². The molecule has 0 heterocycles. The summed E-state index contributed by atoms with van der Waals surface area (Å²) in [6.07, 6.45) is 0.993. The number of ether oxygens (including phenoxy) is 1. The minimum atomic E-state index is 0.317. The Morgan fingerprint density at radius 3 is 2.60 bits per heavy atom. The molecule has 0 aliphatic heterocycles. The van der Waals surface area contributed by atoms with Crippen molar-refractivity contribution in [3.8, 4) is 5.75 Å². The van der Waals surface area contributed by atoms with E-state index in [0.29, 0.717) is 12.5 Å². The lowest BCUT2D eigenvalue weighted by molar-refractivity contribution is 0.401. The van der Waals surface area contributed by atoms with Crippen LogP contribution in [0, 0.1) is 6.92 Å². The van der Waals surface area contributed by atoms with Crippen molar-refractivity contribution in [2.24, 2.45) is 5.73 Å². The first kappa shape index (κ1) is 12.3. The van der Waals surface area contributed by atoms with Crippen molar-refractivity contribution in [2.75, 3.05) is 13.7 Å². The fraction of sp³-hybridized carbons (Fsp3) is 0.500. The summed E-state index contributed by atoms with van der Waals surface area (Å²) in [5.41, 5.74) is 7.92. The van der Waals surface area contributed by atoms with Crippen molar-refractivity contribution < 1.29 is 4.74 Å². The highest BCUT2D eigenvalue weighted by Gasteiger charge is 2.15. The lowest BCUT2D eigenvalue weighted by Crippen LogP contribution is -2.13. The monoisotopic (exact) mass is 227 g/mol. The second kappa shape index (κ2) is 5.38. The van der Waals surface area contributed by atoms with E-state index in [4.69, 9.17) is 22.1 Å². The molecule has 0 aromatic heterocycles. The van der Waals surface area contributed by atoms with Gasteiger partial charge in [0.05, 0.1) is 7.11 Å². The Hall–Kier alpha value is -0.730. The molecular formula is C12H18ClNO. The summed E-state index contributed by atoms with van der Waals surface area (Å²) in [5.74, 6) is 1.23. The van der Waals surface area contributed by atoms with E-state index in [0.717, 1.165) is 28.3 Å². The molecule has 0 bridgehead atoms. The van der Waals surface area contributed by atoms with Gasteiger partial charge in [-0.3, -0.25) is 0 Å². The third-order valence-corrected chi connectivity index (χ3v) is 2.91. The van der Waals surface area contributed by atoms with Gasteiger partial charge < -0.3 is 10.5 Å². The van der Waals surface area contributed by atoms with E-state index in [2.05, 4.69) is 6.92 Å². The maximum absolute atomic E-state index is 6.04. The molecule has 0 fully saturated rings. The van der Waals surface area contributed by atoms with E-state index in [1.54, 1.807) is 7.11 Å². The number of benzene rings is 1. The first-order chi connectivity index (χ1) is 7.13. The first-order valence-electron chi connectivity index (χ1n) is 5.18. The Morgan fingerprint density at radius 1 is 1.47 bits per heavy atom. The quantitative estimate of drug-likeness (QED) is 0.858. The molecule has 0 radical (unpaired) electrons. The Morgan fingerprint density at radius 2 is 2.13 bits per heavy atom. The molecule has 0 aliphatic rings. The Kier molecular flexibility index (Phi) is 4.43. The highest BCUT2D eigenvalue weighted by atomic mass is 35.5. The number of hydrogen-bond acceptors (Lipinski definition) is 2. The molecule has 0 saturated heterocycles. The molecule has 0 saturated carbocycles. The maximum Gasteiger partial charge on any atom is 0.125 e. The van der Waals surface area contributed by atoms with Crippen LogP contribution in [0.5, 0.6) is 5.75 Å².